The number of nitrogens with two attached hydrogens (primary N) is 1. The van der Waals surface area contributed by atoms with E-state index < -0.39 is 0 Å². The summed E-state index contributed by atoms with van der Waals surface area (Å²) < 4.78 is 3.89. The Kier molecular flexibility index (Phi) is 2.79. The molecule has 0 unspecified atom stereocenters. The molecule has 0 amide bonds. The van der Waals surface area contributed by atoms with E-state index in [2.05, 4.69) is 14.6 Å². The van der Waals surface area contributed by atoms with Crippen molar-refractivity contribution >= 4 is 5.69 Å². The Balaban J connectivity index is 1.90. The van der Waals surface area contributed by atoms with Gasteiger partial charge in [0.2, 0.25) is 0 Å². The van der Waals surface area contributed by atoms with Crippen LogP contribution in [-0.2, 0) is 13.6 Å². The third kappa shape index (κ3) is 2.35. The van der Waals surface area contributed by atoms with Gasteiger partial charge in [0.05, 0.1) is 24.4 Å². The smallest absolute Gasteiger partial charge is 0.0954 e. The van der Waals surface area contributed by atoms with Crippen LogP contribution >= 0.6 is 0 Å². The molecule has 2 aromatic heterocycles. The largest absolute Gasteiger partial charge is 0.399 e. The summed E-state index contributed by atoms with van der Waals surface area (Å²) in [5.41, 5.74) is 9.79. The van der Waals surface area contributed by atoms with Crippen molar-refractivity contribution in [2.45, 2.75) is 6.54 Å². The van der Waals surface area contributed by atoms with Crippen molar-refractivity contribution in [1.82, 2.24) is 19.3 Å². The predicted molar refractivity (Wildman–Crippen MR) is 74.4 cm³/mol. The fraction of sp³-hybridized carbons (Fsp3) is 0.143. The van der Waals surface area contributed by atoms with Crippen LogP contribution in [0.15, 0.2) is 49.2 Å². The first-order chi connectivity index (χ1) is 9.22. The van der Waals surface area contributed by atoms with Gasteiger partial charge in [-0.2, -0.15) is 5.10 Å². The van der Waals surface area contributed by atoms with E-state index in [0.717, 1.165) is 23.5 Å². The molecule has 0 fully saturated rings. The Bertz CT molecular complexity index is 678. The minimum absolute atomic E-state index is 0.768. The van der Waals surface area contributed by atoms with Crippen LogP contribution in [0.3, 0.4) is 0 Å². The van der Waals surface area contributed by atoms with E-state index >= 15 is 0 Å². The van der Waals surface area contributed by atoms with Crippen LogP contribution < -0.4 is 5.73 Å². The minimum Gasteiger partial charge on any atom is -0.399 e. The fourth-order valence-corrected chi connectivity index (χ4v) is 2.06. The highest BCUT2D eigenvalue weighted by molar-refractivity contribution is 5.56. The molecular weight excluding hydrogens is 238 g/mol. The highest BCUT2D eigenvalue weighted by Gasteiger charge is 2.07. The third-order valence-corrected chi connectivity index (χ3v) is 3.05. The second-order valence-corrected chi connectivity index (χ2v) is 4.55. The predicted octanol–water partition coefficient (Wildman–Crippen LogP) is 1.91. The van der Waals surface area contributed by atoms with Gasteiger partial charge in [-0.25, -0.2) is 4.98 Å². The van der Waals surface area contributed by atoms with E-state index in [4.69, 9.17) is 5.73 Å². The number of nitrogen functional groups attached to an aromatic ring is 1. The van der Waals surface area contributed by atoms with Gasteiger partial charge in [0.25, 0.3) is 0 Å². The minimum atomic E-state index is 0.768. The van der Waals surface area contributed by atoms with Crippen molar-refractivity contribution in [1.29, 1.82) is 0 Å². The Labute approximate surface area is 111 Å². The monoisotopic (exact) mass is 253 g/mol. The van der Waals surface area contributed by atoms with Crippen molar-refractivity contribution < 1.29 is 0 Å². The van der Waals surface area contributed by atoms with Crippen molar-refractivity contribution in [2.24, 2.45) is 7.05 Å². The maximum atomic E-state index is 5.69. The van der Waals surface area contributed by atoms with Gasteiger partial charge in [0.1, 0.15) is 0 Å². The van der Waals surface area contributed by atoms with Crippen LogP contribution in [0.2, 0.25) is 0 Å². The van der Waals surface area contributed by atoms with Crippen molar-refractivity contribution in [3.05, 3.63) is 54.7 Å². The first kappa shape index (κ1) is 11.5. The lowest BCUT2D eigenvalue weighted by Gasteiger charge is -2.07. The summed E-state index contributed by atoms with van der Waals surface area (Å²) in [6.45, 7) is 0.768. The molecule has 0 radical (unpaired) electrons. The van der Waals surface area contributed by atoms with Crippen LogP contribution in [0.25, 0.3) is 11.3 Å². The lowest BCUT2D eigenvalue weighted by atomic mass is 10.2. The molecule has 5 nitrogen and oxygen atoms in total. The molecule has 19 heavy (non-hydrogen) atoms. The van der Waals surface area contributed by atoms with Crippen molar-refractivity contribution in [3.63, 3.8) is 0 Å². The lowest BCUT2D eigenvalue weighted by Crippen LogP contribution is -2.00. The van der Waals surface area contributed by atoms with Crippen LogP contribution in [-0.4, -0.2) is 19.3 Å². The molecule has 0 atom stereocenters. The molecule has 0 saturated carbocycles. The summed E-state index contributed by atoms with van der Waals surface area (Å²) >= 11 is 0. The molecule has 2 N–H and O–H groups in total. The normalized spacial score (nSPS) is 10.8. The molecule has 5 heteroatoms. The molecule has 3 aromatic rings. The highest BCUT2D eigenvalue weighted by Crippen LogP contribution is 2.19. The van der Waals surface area contributed by atoms with Crippen LogP contribution in [0.1, 0.15) is 5.56 Å². The zero-order valence-electron chi connectivity index (χ0n) is 10.7. The second kappa shape index (κ2) is 4.61. The Morgan fingerprint density at radius 3 is 2.63 bits per heavy atom. The quantitative estimate of drug-likeness (QED) is 0.725. The molecule has 96 valence electrons. The van der Waals surface area contributed by atoms with Crippen molar-refractivity contribution in [3.8, 4) is 11.3 Å². The summed E-state index contributed by atoms with van der Waals surface area (Å²) in [6.07, 6.45) is 7.51. The van der Waals surface area contributed by atoms with Crippen LogP contribution in [0.5, 0.6) is 0 Å². The number of aryl methyl sites for hydroxylation is 1. The number of benzene rings is 1. The molecule has 0 bridgehead atoms. The zero-order valence-corrected chi connectivity index (χ0v) is 10.7. The molecule has 1 aromatic carbocycles. The van der Waals surface area contributed by atoms with Crippen LogP contribution in [0, 0.1) is 0 Å². The number of hydrogen-bond donors (Lipinski definition) is 1. The summed E-state index contributed by atoms with van der Waals surface area (Å²) in [5, 5.41) is 4.19. The Morgan fingerprint density at radius 1 is 1.16 bits per heavy atom. The van der Waals surface area contributed by atoms with E-state index in [1.54, 1.807) is 4.68 Å². The van der Waals surface area contributed by atoms with Gasteiger partial charge in [0, 0.05) is 31.0 Å². The van der Waals surface area contributed by atoms with E-state index in [0.29, 0.717) is 0 Å². The van der Waals surface area contributed by atoms with Crippen molar-refractivity contribution in [2.75, 3.05) is 5.73 Å². The fourth-order valence-electron chi connectivity index (χ4n) is 2.06. The van der Waals surface area contributed by atoms with Gasteiger partial charge in [0.15, 0.2) is 0 Å². The molecule has 3 rings (SSSR count). The van der Waals surface area contributed by atoms with Gasteiger partial charge in [-0.3, -0.25) is 4.68 Å². The van der Waals surface area contributed by atoms with Gasteiger partial charge in [-0.15, -0.1) is 0 Å². The number of hydrogen-bond acceptors (Lipinski definition) is 3. The third-order valence-electron chi connectivity index (χ3n) is 3.05. The molecule has 0 aliphatic rings. The lowest BCUT2D eigenvalue weighted by molar-refractivity contribution is 0.767. The first-order valence-corrected chi connectivity index (χ1v) is 6.06. The maximum absolute atomic E-state index is 5.69. The second-order valence-electron chi connectivity index (χ2n) is 4.55. The van der Waals surface area contributed by atoms with E-state index in [-0.39, 0.29) is 0 Å². The summed E-state index contributed by atoms with van der Waals surface area (Å²) in [4.78, 5) is 4.22. The zero-order chi connectivity index (χ0) is 13.2. The summed E-state index contributed by atoms with van der Waals surface area (Å²) in [6, 6.07) is 7.89. The number of imidazole rings is 1. The van der Waals surface area contributed by atoms with Gasteiger partial charge >= 0.3 is 0 Å². The number of nitrogens with zero attached hydrogens (tertiary/aromatic N) is 4. The summed E-state index contributed by atoms with van der Waals surface area (Å²) in [7, 11) is 1.91. The Hall–Kier alpha value is -2.56. The SMILES string of the molecule is Cn1cc(-c2cncn2Cc2ccc(N)cc2)cn1. The highest BCUT2D eigenvalue weighted by atomic mass is 15.2. The van der Waals surface area contributed by atoms with Gasteiger partial charge < -0.3 is 10.3 Å². The summed E-state index contributed by atoms with van der Waals surface area (Å²) in [5.74, 6) is 0. The molecule has 0 aliphatic heterocycles. The maximum Gasteiger partial charge on any atom is 0.0954 e. The standard InChI is InChI=1S/C14H15N5/c1-18-9-12(6-17-18)14-7-16-10-19(14)8-11-2-4-13(15)5-3-11/h2-7,9-10H,8,15H2,1H3. The average molecular weight is 253 g/mol. The van der Waals surface area contributed by atoms with Gasteiger partial charge in [-0.05, 0) is 17.7 Å². The van der Waals surface area contributed by atoms with Gasteiger partial charge in [-0.1, -0.05) is 12.1 Å². The van der Waals surface area contributed by atoms with E-state index in [9.17, 15) is 0 Å². The van der Waals surface area contributed by atoms with E-state index in [1.807, 2.05) is 56.2 Å². The molecule has 0 aliphatic carbocycles. The van der Waals surface area contributed by atoms with E-state index in [1.165, 1.54) is 5.56 Å². The average Bonchev–Trinajstić information content (AvgIpc) is 3.01. The Morgan fingerprint density at radius 2 is 1.95 bits per heavy atom. The molecule has 2 heterocycles. The molecule has 0 spiro atoms. The molecular formula is C14H15N5. The van der Waals surface area contributed by atoms with Crippen LogP contribution in [0.4, 0.5) is 5.69 Å². The molecule has 0 saturated heterocycles. The first-order valence-electron chi connectivity index (χ1n) is 6.06. The number of rotatable bonds is 3. The number of anilines is 1. The number of aromatic nitrogens is 4. The topological polar surface area (TPSA) is 61.7 Å².